The van der Waals surface area contributed by atoms with E-state index in [1.165, 1.54) is 0 Å². The average molecular weight is 379 g/mol. The van der Waals surface area contributed by atoms with Crippen LogP contribution < -0.4 is 10.7 Å². The number of aromatic amines is 1. The third kappa shape index (κ3) is 3.61. The average Bonchev–Trinajstić information content (AvgIpc) is 3.22. The van der Waals surface area contributed by atoms with Crippen LogP contribution in [0, 0.1) is 0 Å². The number of anilines is 1. The smallest absolute Gasteiger partial charge is 0.273 e. The van der Waals surface area contributed by atoms with Crippen LogP contribution in [0.25, 0.3) is 17.0 Å². The van der Waals surface area contributed by atoms with Crippen LogP contribution in [-0.4, -0.2) is 22.5 Å². The van der Waals surface area contributed by atoms with E-state index < -0.39 is 0 Å². The zero-order valence-corrected chi connectivity index (χ0v) is 14.9. The maximum Gasteiger partial charge on any atom is 0.273 e. The van der Waals surface area contributed by atoms with Gasteiger partial charge in [0.15, 0.2) is 0 Å². The highest BCUT2D eigenvalue weighted by Gasteiger charge is 2.25. The number of nitrogens with zero attached hydrogens (tertiary/aromatic N) is 1. The molecule has 0 fully saturated rings. The molecule has 134 valence electrons. The highest BCUT2D eigenvalue weighted by Crippen LogP contribution is 2.22. The molecule has 0 radical (unpaired) electrons. The van der Waals surface area contributed by atoms with Crippen molar-refractivity contribution < 1.29 is 9.59 Å². The summed E-state index contributed by atoms with van der Waals surface area (Å²) in [6.45, 7) is 0. The van der Waals surface area contributed by atoms with E-state index >= 15 is 0 Å². The van der Waals surface area contributed by atoms with Gasteiger partial charge < -0.3 is 10.3 Å². The quantitative estimate of drug-likeness (QED) is 0.604. The van der Waals surface area contributed by atoms with Gasteiger partial charge in [0.25, 0.3) is 5.91 Å². The van der Waals surface area contributed by atoms with Crippen LogP contribution in [0.3, 0.4) is 0 Å². The number of fused-ring (bicyclic) bond motifs is 1. The first-order valence-corrected chi connectivity index (χ1v) is 8.68. The number of hydrogen-bond donors (Lipinski definition) is 3. The van der Waals surface area contributed by atoms with E-state index in [0.29, 0.717) is 22.0 Å². The van der Waals surface area contributed by atoms with E-state index in [-0.39, 0.29) is 18.2 Å². The fourth-order valence-electron chi connectivity index (χ4n) is 2.91. The molecule has 0 atom stereocenters. The van der Waals surface area contributed by atoms with Crippen LogP contribution in [-0.2, 0) is 9.59 Å². The van der Waals surface area contributed by atoms with Crippen LogP contribution >= 0.6 is 11.6 Å². The van der Waals surface area contributed by atoms with Gasteiger partial charge >= 0.3 is 0 Å². The highest BCUT2D eigenvalue weighted by molar-refractivity contribution is 6.32. The molecule has 1 aliphatic heterocycles. The lowest BCUT2D eigenvalue weighted by atomic mass is 10.0. The first-order chi connectivity index (χ1) is 13.1. The summed E-state index contributed by atoms with van der Waals surface area (Å²) in [4.78, 5) is 27.7. The van der Waals surface area contributed by atoms with Gasteiger partial charge in [-0.2, -0.15) is 5.10 Å². The molecule has 0 unspecified atom stereocenters. The van der Waals surface area contributed by atoms with Crippen molar-refractivity contribution in [2.75, 3.05) is 5.32 Å². The third-order valence-electron chi connectivity index (χ3n) is 4.22. The summed E-state index contributed by atoms with van der Waals surface area (Å²) in [5, 5.41) is 8.36. The molecule has 3 N–H and O–H groups in total. The molecule has 1 aromatic heterocycles. The topological polar surface area (TPSA) is 86.3 Å². The Labute approximate surface area is 159 Å². The molecule has 3 aromatic rings. The van der Waals surface area contributed by atoms with Crippen LogP contribution in [0.15, 0.2) is 65.4 Å². The summed E-state index contributed by atoms with van der Waals surface area (Å²) in [5.41, 5.74) is 5.68. The Morgan fingerprint density at radius 1 is 1.15 bits per heavy atom. The lowest BCUT2D eigenvalue weighted by molar-refractivity contribution is -0.116. The first kappa shape index (κ1) is 17.1. The molecular formula is C20H15ClN4O2. The van der Waals surface area contributed by atoms with Gasteiger partial charge in [-0.3, -0.25) is 9.59 Å². The van der Waals surface area contributed by atoms with Crippen molar-refractivity contribution in [3.63, 3.8) is 0 Å². The number of para-hydroxylation sites is 1. The Bertz CT molecular complexity index is 1100. The second-order valence-corrected chi connectivity index (χ2v) is 6.52. The molecule has 7 heteroatoms. The minimum Gasteiger partial charge on any atom is -0.361 e. The number of aromatic nitrogens is 1. The standard InChI is InChI=1S/C20H15ClN4O2/c21-13-5-7-14(8-6-13)23-19(26)10-18-16(20(27)25-24-18)9-12-11-22-17-4-2-1-3-15(12)17/h1-9,11,22H,10H2,(H,23,26)(H,25,27)/b16-9-. The monoisotopic (exact) mass is 378 g/mol. The predicted molar refractivity (Wildman–Crippen MR) is 107 cm³/mol. The number of hydrogen-bond acceptors (Lipinski definition) is 3. The Morgan fingerprint density at radius 3 is 2.74 bits per heavy atom. The largest absolute Gasteiger partial charge is 0.361 e. The Kier molecular flexibility index (Phi) is 4.48. The van der Waals surface area contributed by atoms with E-state index in [0.717, 1.165) is 16.5 Å². The lowest BCUT2D eigenvalue weighted by Crippen LogP contribution is -2.18. The van der Waals surface area contributed by atoms with Crippen LogP contribution in [0.4, 0.5) is 5.69 Å². The maximum absolute atomic E-state index is 12.3. The summed E-state index contributed by atoms with van der Waals surface area (Å²) in [7, 11) is 0. The molecule has 0 spiro atoms. The van der Waals surface area contributed by atoms with E-state index in [2.05, 4.69) is 20.8 Å². The van der Waals surface area contributed by atoms with Crippen molar-refractivity contribution in [2.24, 2.45) is 5.10 Å². The van der Waals surface area contributed by atoms with Gasteiger partial charge in [-0.1, -0.05) is 29.8 Å². The second kappa shape index (κ2) is 7.09. The van der Waals surface area contributed by atoms with Crippen molar-refractivity contribution in [3.8, 4) is 0 Å². The molecule has 0 saturated heterocycles. The van der Waals surface area contributed by atoms with E-state index in [1.807, 2.05) is 30.5 Å². The molecule has 0 saturated carbocycles. The Morgan fingerprint density at radius 2 is 1.93 bits per heavy atom. The number of carbonyl (C=O) groups excluding carboxylic acids is 2. The summed E-state index contributed by atoms with van der Waals surface area (Å²) in [5.74, 6) is -0.591. The zero-order valence-electron chi connectivity index (χ0n) is 14.1. The number of rotatable bonds is 4. The molecule has 1 aliphatic rings. The normalized spacial score (nSPS) is 15.1. The highest BCUT2D eigenvalue weighted by atomic mass is 35.5. The second-order valence-electron chi connectivity index (χ2n) is 6.08. The molecule has 6 nitrogen and oxygen atoms in total. The third-order valence-corrected chi connectivity index (χ3v) is 4.48. The molecular weight excluding hydrogens is 364 g/mol. The number of nitrogens with one attached hydrogen (secondary N) is 3. The summed E-state index contributed by atoms with van der Waals surface area (Å²) >= 11 is 5.84. The number of halogens is 1. The molecule has 2 heterocycles. The molecule has 2 amide bonds. The maximum atomic E-state index is 12.3. The summed E-state index contributed by atoms with van der Waals surface area (Å²) < 4.78 is 0. The molecule has 0 bridgehead atoms. The van der Waals surface area contributed by atoms with Crippen molar-refractivity contribution in [1.29, 1.82) is 0 Å². The Balaban J connectivity index is 1.54. The van der Waals surface area contributed by atoms with Gasteiger partial charge in [-0.15, -0.1) is 0 Å². The van der Waals surface area contributed by atoms with Gasteiger partial charge in [-0.25, -0.2) is 5.43 Å². The number of benzene rings is 2. The van der Waals surface area contributed by atoms with Gasteiger partial charge in [0.05, 0.1) is 17.7 Å². The zero-order chi connectivity index (χ0) is 18.8. The minimum absolute atomic E-state index is 0.0183. The van der Waals surface area contributed by atoms with Gasteiger partial charge in [-0.05, 0) is 36.4 Å². The fraction of sp³-hybridized carbons (Fsp3) is 0.0500. The van der Waals surface area contributed by atoms with E-state index in [1.54, 1.807) is 30.3 Å². The van der Waals surface area contributed by atoms with Crippen molar-refractivity contribution >= 4 is 51.8 Å². The van der Waals surface area contributed by atoms with Crippen LogP contribution in [0.2, 0.25) is 5.02 Å². The molecule has 2 aromatic carbocycles. The first-order valence-electron chi connectivity index (χ1n) is 8.30. The van der Waals surface area contributed by atoms with Crippen molar-refractivity contribution in [1.82, 2.24) is 10.4 Å². The predicted octanol–water partition coefficient (Wildman–Crippen LogP) is 3.72. The van der Waals surface area contributed by atoms with Crippen molar-refractivity contribution in [3.05, 3.63) is 70.9 Å². The van der Waals surface area contributed by atoms with Crippen molar-refractivity contribution in [2.45, 2.75) is 6.42 Å². The minimum atomic E-state index is -0.324. The summed E-state index contributed by atoms with van der Waals surface area (Å²) in [6.07, 6.45) is 3.56. The van der Waals surface area contributed by atoms with E-state index in [4.69, 9.17) is 11.6 Å². The van der Waals surface area contributed by atoms with Crippen LogP contribution in [0.5, 0.6) is 0 Å². The number of amides is 2. The van der Waals surface area contributed by atoms with Gasteiger partial charge in [0, 0.05) is 33.4 Å². The number of carbonyl (C=O) groups is 2. The van der Waals surface area contributed by atoms with Crippen LogP contribution in [0.1, 0.15) is 12.0 Å². The van der Waals surface area contributed by atoms with Gasteiger partial charge in [0.1, 0.15) is 0 Å². The molecule has 27 heavy (non-hydrogen) atoms. The van der Waals surface area contributed by atoms with E-state index in [9.17, 15) is 9.59 Å². The number of hydrazone groups is 1. The SMILES string of the molecule is O=C(CC1=NNC(=O)/C1=C\c1c[nH]c2ccccc12)Nc1ccc(Cl)cc1. The molecule has 0 aliphatic carbocycles. The van der Waals surface area contributed by atoms with Gasteiger partial charge in [0.2, 0.25) is 5.91 Å². The fourth-order valence-corrected chi connectivity index (χ4v) is 3.04. The molecule has 4 rings (SSSR count). The lowest BCUT2D eigenvalue weighted by Gasteiger charge is -2.05. The number of H-pyrrole nitrogens is 1. The Hall–Kier alpha value is -3.38. The summed E-state index contributed by atoms with van der Waals surface area (Å²) in [6, 6.07) is 14.6.